The second-order valence-electron chi connectivity index (χ2n) is 14.5. The number of carbonyl (C=O) groups is 1. The van der Waals surface area contributed by atoms with Crippen molar-refractivity contribution >= 4 is 24.7 Å². The van der Waals surface area contributed by atoms with E-state index in [-0.39, 0.29) is 35.4 Å². The van der Waals surface area contributed by atoms with Gasteiger partial charge in [-0.2, -0.15) is 0 Å². The quantitative estimate of drug-likeness (QED) is 0.123. The molecule has 0 unspecified atom stereocenters. The first-order chi connectivity index (χ1) is 20.3. The number of hydrogen-bond acceptors (Lipinski definition) is 5. The summed E-state index contributed by atoms with van der Waals surface area (Å²) >= 11 is 0. The SMILES string of the molecule is [C-]#[N+][C@H](C)C[C@H]1CC[C@@H]2O[C@@H](CCCOC(=O)C(C)(C)C)C[C@]2(CO[Si](c2ccccc2)(c2ccccc2)C(C)(C)C)O1. The Morgan fingerprint density at radius 1 is 1.00 bits per heavy atom. The number of benzene rings is 2. The molecule has 2 saturated heterocycles. The van der Waals surface area contributed by atoms with E-state index in [1.54, 1.807) is 0 Å². The van der Waals surface area contributed by atoms with Gasteiger partial charge in [0.25, 0.3) is 8.32 Å². The normalized spacial score (nSPS) is 25.0. The number of carbonyl (C=O) groups excluding carboxylic acids is 1. The van der Waals surface area contributed by atoms with Gasteiger partial charge in [-0.3, -0.25) is 4.79 Å². The lowest BCUT2D eigenvalue weighted by molar-refractivity contribution is -0.181. The monoisotopic (exact) mass is 605 g/mol. The van der Waals surface area contributed by atoms with Crippen LogP contribution in [-0.2, 0) is 23.4 Å². The summed E-state index contributed by atoms with van der Waals surface area (Å²) in [6.45, 7) is 22.8. The molecule has 2 aliphatic heterocycles. The molecule has 4 rings (SSSR count). The van der Waals surface area contributed by atoms with Crippen molar-refractivity contribution in [1.29, 1.82) is 0 Å². The Labute approximate surface area is 260 Å². The first-order valence-corrected chi connectivity index (χ1v) is 17.8. The fourth-order valence-corrected chi connectivity index (χ4v) is 11.4. The largest absolute Gasteiger partial charge is 0.465 e. The van der Waals surface area contributed by atoms with Gasteiger partial charge < -0.3 is 23.5 Å². The predicted molar refractivity (Wildman–Crippen MR) is 174 cm³/mol. The Hall–Kier alpha value is -2.50. The van der Waals surface area contributed by atoms with Gasteiger partial charge in [-0.25, -0.2) is 6.57 Å². The van der Waals surface area contributed by atoms with Crippen LogP contribution in [0.5, 0.6) is 0 Å². The highest BCUT2D eigenvalue weighted by Gasteiger charge is 2.57. The topological polar surface area (TPSA) is 58.4 Å². The van der Waals surface area contributed by atoms with Gasteiger partial charge >= 0.3 is 5.97 Å². The molecule has 0 bridgehead atoms. The average molecular weight is 606 g/mol. The number of rotatable bonds is 11. The first kappa shape index (κ1) is 33.4. The second kappa shape index (κ2) is 13.6. The van der Waals surface area contributed by atoms with Crippen LogP contribution in [0, 0.1) is 12.0 Å². The van der Waals surface area contributed by atoms with E-state index in [9.17, 15) is 4.79 Å². The molecule has 6 nitrogen and oxygen atoms in total. The van der Waals surface area contributed by atoms with Crippen LogP contribution < -0.4 is 10.4 Å². The fraction of sp³-hybridized carbons (Fsp3) is 0.611. The first-order valence-electron chi connectivity index (χ1n) is 15.9. The zero-order valence-corrected chi connectivity index (χ0v) is 28.2. The molecule has 234 valence electrons. The van der Waals surface area contributed by atoms with Crippen LogP contribution in [0.2, 0.25) is 5.04 Å². The van der Waals surface area contributed by atoms with Gasteiger partial charge in [-0.1, -0.05) is 81.4 Å². The van der Waals surface area contributed by atoms with Crippen LogP contribution in [0.25, 0.3) is 4.85 Å². The van der Waals surface area contributed by atoms with Gasteiger partial charge in [-0.05, 0) is 61.9 Å². The summed E-state index contributed by atoms with van der Waals surface area (Å²) in [5.41, 5.74) is -1.10. The van der Waals surface area contributed by atoms with Crippen molar-refractivity contribution in [3.05, 3.63) is 72.1 Å². The molecule has 2 aromatic rings. The summed E-state index contributed by atoms with van der Waals surface area (Å²) in [4.78, 5) is 16.0. The fourth-order valence-electron chi connectivity index (χ4n) is 6.74. The van der Waals surface area contributed by atoms with Crippen LogP contribution in [0.1, 0.15) is 87.0 Å². The van der Waals surface area contributed by atoms with Gasteiger partial charge in [-0.15, -0.1) is 0 Å². The second-order valence-corrected chi connectivity index (χ2v) is 18.8. The highest BCUT2D eigenvalue weighted by atomic mass is 28.4. The molecule has 7 heteroatoms. The minimum absolute atomic E-state index is 0.00167. The van der Waals surface area contributed by atoms with Crippen LogP contribution >= 0.6 is 0 Å². The predicted octanol–water partition coefficient (Wildman–Crippen LogP) is 6.71. The summed E-state index contributed by atoms with van der Waals surface area (Å²) in [7, 11) is -2.78. The molecule has 2 aliphatic rings. The third kappa shape index (κ3) is 7.60. The van der Waals surface area contributed by atoms with E-state index in [1.165, 1.54) is 10.4 Å². The molecule has 0 saturated carbocycles. The number of ether oxygens (including phenoxy) is 3. The highest BCUT2D eigenvalue weighted by Crippen LogP contribution is 2.46. The Morgan fingerprint density at radius 3 is 2.14 bits per heavy atom. The van der Waals surface area contributed by atoms with Crippen LogP contribution in [0.15, 0.2) is 60.7 Å². The maximum atomic E-state index is 12.3. The van der Waals surface area contributed by atoms with Crippen molar-refractivity contribution in [3.8, 4) is 0 Å². The smallest absolute Gasteiger partial charge is 0.311 e. The van der Waals surface area contributed by atoms with Crippen molar-refractivity contribution in [3.63, 3.8) is 0 Å². The van der Waals surface area contributed by atoms with Gasteiger partial charge in [0.1, 0.15) is 5.60 Å². The van der Waals surface area contributed by atoms with Crippen LogP contribution in [-0.4, -0.2) is 57.5 Å². The van der Waals surface area contributed by atoms with E-state index < -0.39 is 19.3 Å². The standard InChI is InChI=1S/C36H51NO5Si/c1-27(37-8)24-28-21-22-32-36(42-28,25-29(41-32)16-15-23-39-33(38)34(2,3)4)26-40-43(35(5,6)7,30-17-11-9-12-18-30)31-19-13-10-14-20-31/h9-14,17-20,27-29,32H,15-16,21-26H2,1-7H3/t27-,28-,29+,32+,36-/m1/s1. The number of nitrogens with zero attached hydrogens (tertiary/aromatic N) is 1. The zero-order valence-electron chi connectivity index (χ0n) is 27.2. The molecule has 0 N–H and O–H groups in total. The van der Waals surface area contributed by atoms with Gasteiger partial charge in [0, 0.05) is 19.8 Å². The molecule has 0 aromatic heterocycles. The summed E-state index contributed by atoms with van der Waals surface area (Å²) in [6, 6.07) is 21.3. The lowest BCUT2D eigenvalue weighted by Gasteiger charge is -2.47. The van der Waals surface area contributed by atoms with Gasteiger partial charge in [0.05, 0.1) is 36.9 Å². The van der Waals surface area contributed by atoms with Crippen molar-refractivity contribution in [2.45, 2.75) is 122 Å². The molecule has 0 radical (unpaired) electrons. The molecular formula is C36H51NO5Si. The lowest BCUT2D eigenvalue weighted by Crippen LogP contribution is -2.68. The zero-order chi connectivity index (χ0) is 31.3. The Bertz CT molecular complexity index is 1190. The van der Waals surface area contributed by atoms with E-state index in [2.05, 4.69) is 86.3 Å². The molecule has 2 heterocycles. The number of fused-ring (bicyclic) bond motifs is 1. The molecule has 2 fully saturated rings. The molecular weight excluding hydrogens is 554 g/mol. The van der Waals surface area contributed by atoms with Crippen molar-refractivity contribution in [1.82, 2.24) is 0 Å². The van der Waals surface area contributed by atoms with Crippen LogP contribution in [0.4, 0.5) is 0 Å². The maximum Gasteiger partial charge on any atom is 0.311 e. The minimum Gasteiger partial charge on any atom is -0.465 e. The summed E-state index contributed by atoms with van der Waals surface area (Å²) in [5.74, 6) is -0.177. The maximum absolute atomic E-state index is 12.3. The Balaban J connectivity index is 1.61. The van der Waals surface area contributed by atoms with E-state index in [0.29, 0.717) is 19.6 Å². The van der Waals surface area contributed by atoms with E-state index >= 15 is 0 Å². The van der Waals surface area contributed by atoms with Crippen molar-refractivity contribution in [2.75, 3.05) is 13.2 Å². The highest BCUT2D eigenvalue weighted by molar-refractivity contribution is 6.99. The van der Waals surface area contributed by atoms with E-state index in [0.717, 1.165) is 32.1 Å². The summed E-state index contributed by atoms with van der Waals surface area (Å²) in [6.07, 6.45) is 4.65. The van der Waals surface area contributed by atoms with Crippen LogP contribution in [0.3, 0.4) is 0 Å². The molecule has 5 atom stereocenters. The van der Waals surface area contributed by atoms with Gasteiger partial charge in [0.2, 0.25) is 6.04 Å². The third-order valence-electron chi connectivity index (χ3n) is 8.96. The van der Waals surface area contributed by atoms with E-state index in [1.807, 2.05) is 27.7 Å². The van der Waals surface area contributed by atoms with Crippen molar-refractivity contribution in [2.24, 2.45) is 5.41 Å². The molecule has 0 spiro atoms. The third-order valence-corrected chi connectivity index (χ3v) is 13.9. The average Bonchev–Trinajstić information content (AvgIpc) is 3.33. The molecule has 0 amide bonds. The number of hydrogen-bond donors (Lipinski definition) is 0. The Morgan fingerprint density at radius 2 is 1.60 bits per heavy atom. The minimum atomic E-state index is -2.78. The number of esters is 1. The summed E-state index contributed by atoms with van der Waals surface area (Å²) < 4.78 is 26.7. The van der Waals surface area contributed by atoms with E-state index in [4.69, 9.17) is 25.2 Å². The summed E-state index contributed by atoms with van der Waals surface area (Å²) in [5, 5.41) is 2.34. The molecule has 43 heavy (non-hydrogen) atoms. The lowest BCUT2D eigenvalue weighted by atomic mass is 9.85. The van der Waals surface area contributed by atoms with Gasteiger partial charge in [0.15, 0.2) is 0 Å². The molecule has 2 aromatic carbocycles. The van der Waals surface area contributed by atoms with Crippen molar-refractivity contribution < 1.29 is 23.4 Å². The Kier molecular flexibility index (Phi) is 10.6. The molecule has 0 aliphatic carbocycles.